The van der Waals surface area contributed by atoms with Gasteiger partial charge in [-0.05, 0) is 61.0 Å². The van der Waals surface area contributed by atoms with Gasteiger partial charge < -0.3 is 29.8 Å². The third-order valence-electron chi connectivity index (χ3n) is 7.87. The topological polar surface area (TPSA) is 128 Å². The van der Waals surface area contributed by atoms with Crippen LogP contribution >= 0.6 is 0 Å². The predicted octanol–water partition coefficient (Wildman–Crippen LogP) is 5.20. The lowest BCUT2D eigenvalue weighted by Gasteiger charge is -2.32. The number of aromatic amines is 1. The molecule has 2 aliphatic rings. The molecule has 3 aromatic carbocycles. The molecule has 0 atom stereocenters. The van der Waals surface area contributed by atoms with E-state index in [1.165, 1.54) is 16.9 Å². The van der Waals surface area contributed by atoms with E-state index in [1.54, 1.807) is 47.4 Å². The van der Waals surface area contributed by atoms with Crippen LogP contribution in [0.15, 0.2) is 66.9 Å². The van der Waals surface area contributed by atoms with Crippen LogP contribution < -0.4 is 20.3 Å². The van der Waals surface area contributed by atoms with Crippen LogP contribution in [0.2, 0.25) is 0 Å². The molecule has 4 heterocycles. The van der Waals surface area contributed by atoms with Crippen LogP contribution in [0.25, 0.3) is 16.6 Å². The Balaban J connectivity index is 1.19. The van der Waals surface area contributed by atoms with Crippen LogP contribution in [0, 0.1) is 12.7 Å². The van der Waals surface area contributed by atoms with Crippen molar-refractivity contribution in [2.75, 3.05) is 55.0 Å². The van der Waals surface area contributed by atoms with E-state index in [-0.39, 0.29) is 22.9 Å². The van der Waals surface area contributed by atoms with E-state index in [2.05, 4.69) is 15.0 Å². The zero-order valence-corrected chi connectivity index (χ0v) is 23.9. The van der Waals surface area contributed by atoms with Crippen LogP contribution in [0.1, 0.15) is 21.6 Å². The summed E-state index contributed by atoms with van der Waals surface area (Å²) in [5, 5.41) is 5.20. The number of H-pyrrole nitrogens is 1. The average Bonchev–Trinajstić information content (AvgIpc) is 3.76. The molecule has 5 aromatic rings. The molecule has 12 heteroatoms. The highest BCUT2D eigenvalue weighted by Gasteiger charge is 2.29. The summed E-state index contributed by atoms with van der Waals surface area (Å²) < 4.78 is 32.0. The summed E-state index contributed by atoms with van der Waals surface area (Å²) in [5.41, 5.74) is 10.7. The maximum absolute atomic E-state index is 14.1. The summed E-state index contributed by atoms with van der Waals surface area (Å²) in [6.45, 7) is 5.13. The number of carbonyl (C=O) groups is 2. The molecule has 1 amide bonds. The molecular weight excluding hydrogens is 567 g/mol. The van der Waals surface area contributed by atoms with E-state index in [9.17, 15) is 14.0 Å². The first-order valence-corrected chi connectivity index (χ1v) is 14.2. The summed E-state index contributed by atoms with van der Waals surface area (Å²) in [4.78, 5) is 33.2. The number of anilines is 3. The van der Waals surface area contributed by atoms with E-state index in [4.69, 9.17) is 19.9 Å². The largest absolute Gasteiger partial charge is 0.454 e. The van der Waals surface area contributed by atoms with E-state index in [0.717, 1.165) is 16.6 Å². The van der Waals surface area contributed by atoms with Crippen molar-refractivity contribution in [1.82, 2.24) is 14.8 Å². The fourth-order valence-electron chi connectivity index (χ4n) is 5.58. The Kier molecular flexibility index (Phi) is 6.90. The van der Waals surface area contributed by atoms with Crippen molar-refractivity contribution in [2.45, 2.75) is 6.92 Å². The number of nitrogens with zero attached hydrogens (tertiary/aromatic N) is 4. The second-order valence-electron chi connectivity index (χ2n) is 10.6. The van der Waals surface area contributed by atoms with Gasteiger partial charge in [-0.3, -0.25) is 9.69 Å². The number of fused-ring (bicyclic) bond motifs is 1. The van der Waals surface area contributed by atoms with Crippen LogP contribution in [0.5, 0.6) is 11.5 Å². The Morgan fingerprint density at radius 3 is 2.57 bits per heavy atom. The van der Waals surface area contributed by atoms with Gasteiger partial charge in [0.15, 0.2) is 11.6 Å². The average molecular weight is 597 g/mol. The van der Waals surface area contributed by atoms with Gasteiger partial charge >= 0.3 is 6.09 Å². The number of aryl methyl sites for hydroxylation is 1. The quantitative estimate of drug-likeness (QED) is 0.246. The third-order valence-corrected chi connectivity index (χ3v) is 7.87. The second-order valence-corrected chi connectivity index (χ2v) is 10.6. The standard InChI is InChI=1S/C32H29FN6O5/c1-19-14-21(6-7-28(19)44-29-5-3-2-4-23(29)33)39-31(34)22(18-35-39)30(40)25-15-20-16-26(37-8-11-42-12-9-37)27(17-24(20)36-25)38-10-13-43-32(38)41/h2-7,14-18,36H,8-13,34H2,1H3. The van der Waals surface area contributed by atoms with E-state index >= 15 is 0 Å². The number of hydrogen-bond donors (Lipinski definition) is 2. The van der Waals surface area contributed by atoms with Crippen LogP contribution in [0.4, 0.5) is 26.4 Å². The number of halogens is 1. The lowest BCUT2D eigenvalue weighted by Crippen LogP contribution is -2.37. The molecule has 0 spiro atoms. The monoisotopic (exact) mass is 596 g/mol. The normalized spacial score (nSPS) is 15.2. The van der Waals surface area contributed by atoms with Crippen molar-refractivity contribution in [3.63, 3.8) is 0 Å². The SMILES string of the molecule is Cc1cc(-n2ncc(C(=O)c3cc4cc(N5CCOCC5)c(N5CCOC5=O)cc4[nH]3)c2N)ccc1Oc1ccccc1F. The fourth-order valence-corrected chi connectivity index (χ4v) is 5.58. The number of nitrogens with two attached hydrogens (primary N) is 1. The second kappa shape index (κ2) is 11.0. The maximum atomic E-state index is 14.1. The van der Waals surface area contributed by atoms with Gasteiger partial charge in [0, 0.05) is 24.0 Å². The molecule has 2 aliphatic heterocycles. The highest BCUT2D eigenvalue weighted by Crippen LogP contribution is 2.37. The number of amides is 1. The number of ketones is 1. The van der Waals surface area contributed by atoms with Crippen molar-refractivity contribution in [3.8, 4) is 17.2 Å². The maximum Gasteiger partial charge on any atom is 0.414 e. The summed E-state index contributed by atoms with van der Waals surface area (Å²) in [6, 6.07) is 17.1. The molecule has 2 aromatic heterocycles. The number of morpholine rings is 1. The smallest absolute Gasteiger partial charge is 0.414 e. The van der Waals surface area contributed by atoms with E-state index in [0.29, 0.717) is 67.8 Å². The van der Waals surface area contributed by atoms with Crippen molar-refractivity contribution >= 4 is 40.0 Å². The van der Waals surface area contributed by atoms with Crippen molar-refractivity contribution < 1.29 is 28.2 Å². The number of hydrogen-bond acceptors (Lipinski definition) is 8. The molecule has 7 rings (SSSR count). The molecule has 2 saturated heterocycles. The number of benzene rings is 3. The number of rotatable bonds is 7. The molecule has 0 unspecified atom stereocenters. The Morgan fingerprint density at radius 1 is 1.00 bits per heavy atom. The minimum absolute atomic E-state index is 0.123. The van der Waals surface area contributed by atoms with Crippen molar-refractivity contribution in [2.24, 2.45) is 0 Å². The van der Waals surface area contributed by atoms with Gasteiger partial charge in [-0.25, -0.2) is 13.9 Å². The number of ether oxygens (including phenoxy) is 3. The molecule has 224 valence electrons. The van der Waals surface area contributed by atoms with E-state index in [1.807, 2.05) is 19.1 Å². The molecule has 0 bridgehead atoms. The molecule has 0 radical (unpaired) electrons. The summed E-state index contributed by atoms with van der Waals surface area (Å²) in [5.74, 6) is -0.00391. The molecular formula is C32H29FN6O5. The summed E-state index contributed by atoms with van der Waals surface area (Å²) >= 11 is 0. The van der Waals surface area contributed by atoms with Gasteiger partial charge in [-0.2, -0.15) is 5.10 Å². The zero-order chi connectivity index (χ0) is 30.4. The first-order valence-electron chi connectivity index (χ1n) is 14.2. The van der Waals surface area contributed by atoms with Crippen molar-refractivity contribution in [3.05, 3.63) is 89.5 Å². The molecule has 11 nitrogen and oxygen atoms in total. The van der Waals surface area contributed by atoms with E-state index < -0.39 is 11.9 Å². The zero-order valence-electron chi connectivity index (χ0n) is 23.9. The molecule has 0 saturated carbocycles. The Bertz CT molecular complexity index is 1910. The number of cyclic esters (lactones) is 1. The highest BCUT2D eigenvalue weighted by atomic mass is 19.1. The molecule has 0 aliphatic carbocycles. The van der Waals surface area contributed by atoms with Crippen LogP contribution in [-0.4, -0.2) is 66.1 Å². The van der Waals surface area contributed by atoms with Gasteiger partial charge in [0.05, 0.1) is 54.3 Å². The van der Waals surface area contributed by atoms with Crippen LogP contribution in [0.3, 0.4) is 0 Å². The number of aromatic nitrogens is 3. The summed E-state index contributed by atoms with van der Waals surface area (Å²) in [7, 11) is 0. The fraction of sp³-hybridized carbons (Fsp3) is 0.219. The van der Waals surface area contributed by atoms with Gasteiger partial charge in [0.25, 0.3) is 0 Å². The van der Waals surface area contributed by atoms with Gasteiger partial charge in [0.1, 0.15) is 18.2 Å². The van der Waals surface area contributed by atoms with Crippen molar-refractivity contribution in [1.29, 1.82) is 0 Å². The predicted molar refractivity (Wildman–Crippen MR) is 163 cm³/mol. The molecule has 2 fully saturated rings. The molecule has 3 N–H and O–H groups in total. The van der Waals surface area contributed by atoms with Crippen LogP contribution in [-0.2, 0) is 9.47 Å². The number of nitrogens with one attached hydrogen (secondary N) is 1. The first-order chi connectivity index (χ1) is 21.4. The van der Waals surface area contributed by atoms with Gasteiger partial charge in [-0.15, -0.1) is 0 Å². The molecule has 44 heavy (non-hydrogen) atoms. The third kappa shape index (κ3) is 4.88. The Morgan fingerprint density at radius 2 is 1.82 bits per heavy atom. The van der Waals surface area contributed by atoms with Gasteiger partial charge in [0.2, 0.25) is 5.78 Å². The summed E-state index contributed by atoms with van der Waals surface area (Å²) in [6.07, 6.45) is 1.04. The Hall–Kier alpha value is -5.36. The first kappa shape index (κ1) is 27.5. The Labute approximate surface area is 251 Å². The lowest BCUT2D eigenvalue weighted by molar-refractivity contribution is 0.103. The number of carbonyl (C=O) groups excluding carboxylic acids is 2. The number of para-hydroxylation sites is 1. The lowest BCUT2D eigenvalue weighted by atomic mass is 10.1. The number of nitrogen functional groups attached to an aromatic ring is 1. The highest BCUT2D eigenvalue weighted by molar-refractivity contribution is 6.13. The van der Waals surface area contributed by atoms with Gasteiger partial charge in [-0.1, -0.05) is 12.1 Å². The minimum atomic E-state index is -0.459. The minimum Gasteiger partial charge on any atom is -0.454 e.